The van der Waals surface area contributed by atoms with Crippen LogP contribution in [0.2, 0.25) is 0 Å². The summed E-state index contributed by atoms with van der Waals surface area (Å²) in [5, 5.41) is 31.8. The third-order valence-corrected chi connectivity index (χ3v) is 4.67. The van der Waals surface area contributed by atoms with Crippen molar-refractivity contribution in [3.05, 3.63) is 35.6 Å². The normalized spacial score (nSPS) is 27.5. The quantitative estimate of drug-likeness (QED) is 0.522. The molecule has 4 atom stereocenters. The number of aryl methyl sites for hydroxylation is 1. The SMILES string of the molecule is OC[C@H]1N[C@H](CCCCCCCc2cccc(F)c2)[C@@H](O)[C@@H]1O. The molecular weight excluding hydrogens is 297 g/mol. The minimum Gasteiger partial charge on any atom is -0.395 e. The second kappa shape index (κ2) is 9.33. The predicted octanol–water partition coefficient (Wildman–Crippen LogP) is 1.76. The molecule has 1 aliphatic rings. The van der Waals surface area contributed by atoms with Gasteiger partial charge in [-0.2, -0.15) is 0 Å². The molecule has 2 rings (SSSR count). The molecule has 0 aromatic heterocycles. The van der Waals surface area contributed by atoms with E-state index >= 15 is 0 Å². The number of rotatable bonds is 9. The number of aliphatic hydroxyl groups is 3. The van der Waals surface area contributed by atoms with Crippen molar-refractivity contribution in [1.29, 1.82) is 0 Å². The van der Waals surface area contributed by atoms with E-state index in [0.717, 1.165) is 50.5 Å². The van der Waals surface area contributed by atoms with Crippen LogP contribution in [0.15, 0.2) is 24.3 Å². The molecule has 130 valence electrons. The van der Waals surface area contributed by atoms with Crippen molar-refractivity contribution in [3.8, 4) is 0 Å². The molecule has 1 aromatic rings. The first kappa shape index (κ1) is 18.3. The third kappa shape index (κ3) is 5.53. The Hall–Kier alpha value is -1.01. The lowest BCUT2D eigenvalue weighted by molar-refractivity contribution is 0.0186. The summed E-state index contributed by atoms with van der Waals surface area (Å²) < 4.78 is 13.0. The minimum absolute atomic E-state index is 0.130. The van der Waals surface area contributed by atoms with Gasteiger partial charge in [-0.3, -0.25) is 0 Å². The second-order valence-electron chi connectivity index (χ2n) is 6.48. The zero-order chi connectivity index (χ0) is 16.7. The van der Waals surface area contributed by atoms with Crippen LogP contribution in [0.25, 0.3) is 0 Å². The van der Waals surface area contributed by atoms with Gasteiger partial charge in [-0.1, -0.05) is 37.8 Å². The monoisotopic (exact) mass is 325 g/mol. The second-order valence-corrected chi connectivity index (χ2v) is 6.48. The van der Waals surface area contributed by atoms with Gasteiger partial charge in [0.1, 0.15) is 5.82 Å². The van der Waals surface area contributed by atoms with Gasteiger partial charge in [0.2, 0.25) is 0 Å². The van der Waals surface area contributed by atoms with E-state index in [1.165, 1.54) is 6.07 Å². The smallest absolute Gasteiger partial charge is 0.123 e. The van der Waals surface area contributed by atoms with Crippen LogP contribution in [0.5, 0.6) is 0 Å². The number of benzene rings is 1. The molecule has 4 nitrogen and oxygen atoms in total. The predicted molar refractivity (Wildman–Crippen MR) is 87.6 cm³/mol. The molecule has 0 bridgehead atoms. The molecule has 1 saturated heterocycles. The highest BCUT2D eigenvalue weighted by atomic mass is 19.1. The maximum absolute atomic E-state index is 13.0. The van der Waals surface area contributed by atoms with Gasteiger partial charge in [0.25, 0.3) is 0 Å². The fourth-order valence-corrected chi connectivity index (χ4v) is 3.28. The summed E-state index contributed by atoms with van der Waals surface area (Å²) >= 11 is 0. The van der Waals surface area contributed by atoms with Gasteiger partial charge >= 0.3 is 0 Å². The van der Waals surface area contributed by atoms with Crippen LogP contribution in [-0.4, -0.2) is 46.2 Å². The van der Waals surface area contributed by atoms with Crippen LogP contribution in [0.3, 0.4) is 0 Å². The molecule has 1 aliphatic heterocycles. The van der Waals surface area contributed by atoms with Gasteiger partial charge in [0.15, 0.2) is 0 Å². The maximum atomic E-state index is 13.0. The average molecular weight is 325 g/mol. The standard InChI is InChI=1S/C18H28FNO3/c19-14-9-6-8-13(11-14)7-4-2-1-3-5-10-15-17(22)18(23)16(12-21)20-15/h6,8-9,11,15-18,20-23H,1-5,7,10,12H2/t15-,16-,17-,18-/m1/s1. The molecule has 4 N–H and O–H groups in total. The number of halogens is 1. The fourth-order valence-electron chi connectivity index (χ4n) is 3.28. The minimum atomic E-state index is -0.878. The van der Waals surface area contributed by atoms with Crippen molar-refractivity contribution < 1.29 is 19.7 Å². The van der Waals surface area contributed by atoms with E-state index in [2.05, 4.69) is 5.32 Å². The Kier molecular flexibility index (Phi) is 7.43. The molecule has 0 unspecified atom stereocenters. The summed E-state index contributed by atoms with van der Waals surface area (Å²) in [7, 11) is 0. The van der Waals surface area contributed by atoms with Gasteiger partial charge in [0.05, 0.1) is 24.9 Å². The zero-order valence-corrected chi connectivity index (χ0v) is 13.5. The average Bonchev–Trinajstić information content (AvgIpc) is 2.82. The van der Waals surface area contributed by atoms with E-state index in [4.69, 9.17) is 5.11 Å². The number of hydrogen-bond donors (Lipinski definition) is 4. The molecular formula is C18H28FNO3. The Balaban J connectivity index is 1.53. The molecule has 0 amide bonds. The van der Waals surface area contributed by atoms with Crippen LogP contribution >= 0.6 is 0 Å². The lowest BCUT2D eigenvalue weighted by atomic mass is 10.0. The van der Waals surface area contributed by atoms with Gasteiger partial charge < -0.3 is 20.6 Å². The molecule has 0 saturated carbocycles. The summed E-state index contributed by atoms with van der Waals surface area (Å²) in [4.78, 5) is 0. The Morgan fingerprint density at radius 2 is 1.65 bits per heavy atom. The summed E-state index contributed by atoms with van der Waals surface area (Å²) in [6.45, 7) is -0.158. The first-order chi connectivity index (χ1) is 11.1. The zero-order valence-electron chi connectivity index (χ0n) is 13.5. The highest BCUT2D eigenvalue weighted by molar-refractivity contribution is 5.16. The van der Waals surface area contributed by atoms with E-state index in [-0.39, 0.29) is 18.5 Å². The summed E-state index contributed by atoms with van der Waals surface area (Å²) in [5.74, 6) is -0.173. The van der Waals surface area contributed by atoms with Crippen LogP contribution in [-0.2, 0) is 6.42 Å². The highest BCUT2D eigenvalue weighted by Gasteiger charge is 2.39. The van der Waals surface area contributed by atoms with E-state index in [9.17, 15) is 14.6 Å². The lowest BCUT2D eigenvalue weighted by Gasteiger charge is -2.15. The summed E-state index contributed by atoms with van der Waals surface area (Å²) in [6, 6.07) is 6.22. The van der Waals surface area contributed by atoms with Gasteiger partial charge in [-0.15, -0.1) is 0 Å². The first-order valence-electron chi connectivity index (χ1n) is 8.59. The van der Waals surface area contributed by atoms with Gasteiger partial charge in [0, 0.05) is 6.04 Å². The fraction of sp³-hybridized carbons (Fsp3) is 0.667. The number of aliphatic hydroxyl groups excluding tert-OH is 3. The van der Waals surface area contributed by atoms with Crippen molar-refractivity contribution >= 4 is 0 Å². The molecule has 0 spiro atoms. The molecule has 5 heteroatoms. The molecule has 0 aliphatic carbocycles. The molecule has 0 radical (unpaired) electrons. The van der Waals surface area contributed by atoms with Gasteiger partial charge in [-0.25, -0.2) is 4.39 Å². The lowest BCUT2D eigenvalue weighted by Crippen LogP contribution is -2.36. The Bertz CT molecular complexity index is 471. The van der Waals surface area contributed by atoms with Gasteiger partial charge in [-0.05, 0) is 37.0 Å². The largest absolute Gasteiger partial charge is 0.395 e. The maximum Gasteiger partial charge on any atom is 0.123 e. The Morgan fingerprint density at radius 3 is 2.35 bits per heavy atom. The third-order valence-electron chi connectivity index (χ3n) is 4.67. The number of nitrogens with one attached hydrogen (secondary N) is 1. The van der Waals surface area contributed by atoms with Crippen molar-refractivity contribution in [3.63, 3.8) is 0 Å². The van der Waals surface area contributed by atoms with Crippen LogP contribution < -0.4 is 5.32 Å². The van der Waals surface area contributed by atoms with Crippen molar-refractivity contribution in [1.82, 2.24) is 5.32 Å². The molecule has 1 heterocycles. The molecule has 1 fully saturated rings. The van der Waals surface area contributed by atoms with Crippen LogP contribution in [0, 0.1) is 5.82 Å². The molecule has 1 aromatic carbocycles. The Labute approximate surface area is 137 Å². The molecule has 23 heavy (non-hydrogen) atoms. The van der Waals surface area contributed by atoms with E-state index in [1.54, 1.807) is 12.1 Å². The van der Waals surface area contributed by atoms with E-state index < -0.39 is 18.2 Å². The first-order valence-corrected chi connectivity index (χ1v) is 8.59. The van der Waals surface area contributed by atoms with Crippen molar-refractivity contribution in [2.75, 3.05) is 6.61 Å². The Morgan fingerprint density at radius 1 is 0.957 bits per heavy atom. The highest BCUT2D eigenvalue weighted by Crippen LogP contribution is 2.19. The number of hydrogen-bond acceptors (Lipinski definition) is 4. The topological polar surface area (TPSA) is 72.7 Å². The number of unbranched alkanes of at least 4 members (excludes halogenated alkanes) is 4. The van der Waals surface area contributed by atoms with Crippen LogP contribution in [0.4, 0.5) is 4.39 Å². The van der Waals surface area contributed by atoms with E-state index in [1.807, 2.05) is 6.07 Å². The summed E-state index contributed by atoms with van der Waals surface area (Å²) in [5.41, 5.74) is 1.05. The van der Waals surface area contributed by atoms with Crippen molar-refractivity contribution in [2.45, 2.75) is 69.2 Å². The summed E-state index contributed by atoms with van der Waals surface area (Å²) in [6.07, 6.45) is 5.38. The van der Waals surface area contributed by atoms with E-state index in [0.29, 0.717) is 0 Å². The van der Waals surface area contributed by atoms with Crippen LogP contribution in [0.1, 0.15) is 44.1 Å². The van der Waals surface area contributed by atoms with Crippen molar-refractivity contribution in [2.24, 2.45) is 0 Å².